The molecule has 18 heavy (non-hydrogen) atoms. The monoisotopic (exact) mass is 241 g/mol. The first-order valence-electron chi connectivity index (χ1n) is 7.06. The first kappa shape index (κ1) is 10.4. The van der Waals surface area contributed by atoms with Crippen molar-refractivity contribution in [3.8, 4) is 0 Å². The van der Waals surface area contributed by atoms with Crippen LogP contribution < -0.4 is 5.32 Å². The highest BCUT2D eigenvalue weighted by Gasteiger charge is 2.23. The van der Waals surface area contributed by atoms with Gasteiger partial charge in [-0.3, -0.25) is 0 Å². The molecule has 0 amide bonds. The molecule has 0 saturated heterocycles. The number of benzene rings is 1. The van der Waals surface area contributed by atoms with E-state index < -0.39 is 0 Å². The number of anilines is 1. The fourth-order valence-electron chi connectivity index (χ4n) is 3.55. The Morgan fingerprint density at radius 1 is 1.28 bits per heavy atom. The molecule has 1 aliphatic heterocycles. The maximum absolute atomic E-state index is 4.89. The summed E-state index contributed by atoms with van der Waals surface area (Å²) in [5, 5.41) is 3.44. The molecule has 1 aromatic carbocycles. The number of aryl methyl sites for hydroxylation is 1. The quantitative estimate of drug-likeness (QED) is 0.831. The van der Waals surface area contributed by atoms with E-state index in [9.17, 15) is 0 Å². The Hall–Kier alpha value is -1.51. The minimum absolute atomic E-state index is 0.685. The second-order valence-corrected chi connectivity index (χ2v) is 5.69. The summed E-state index contributed by atoms with van der Waals surface area (Å²) in [6, 6.07) is 4.56. The van der Waals surface area contributed by atoms with Crippen LogP contribution in [0, 0.1) is 0 Å². The number of imidazole rings is 1. The van der Waals surface area contributed by atoms with Gasteiger partial charge < -0.3 is 9.88 Å². The molecular formula is C15H19N3. The lowest BCUT2D eigenvalue weighted by atomic mass is 10.1. The average Bonchev–Trinajstić information content (AvgIpc) is 3.07. The average molecular weight is 241 g/mol. The van der Waals surface area contributed by atoms with Crippen LogP contribution in [-0.4, -0.2) is 16.1 Å². The summed E-state index contributed by atoms with van der Waals surface area (Å²) in [6.45, 7) is 1.07. The van der Waals surface area contributed by atoms with Crippen molar-refractivity contribution in [2.45, 2.75) is 38.0 Å². The van der Waals surface area contributed by atoms with Crippen molar-refractivity contribution in [1.29, 1.82) is 0 Å². The standard InChI is InChI=1S/C15H19N3/c1-18-14-8-11-6-7-16-12(11)9-13(14)17-15(18)10-4-2-3-5-10/h8-10,16H,2-7H2,1H3. The van der Waals surface area contributed by atoms with Crippen LogP contribution >= 0.6 is 0 Å². The van der Waals surface area contributed by atoms with Gasteiger partial charge in [-0.2, -0.15) is 0 Å². The van der Waals surface area contributed by atoms with E-state index in [1.54, 1.807) is 0 Å². The summed E-state index contributed by atoms with van der Waals surface area (Å²) >= 11 is 0. The molecule has 1 N–H and O–H groups in total. The number of fused-ring (bicyclic) bond motifs is 2. The highest BCUT2D eigenvalue weighted by molar-refractivity contribution is 5.83. The largest absolute Gasteiger partial charge is 0.384 e. The molecule has 94 valence electrons. The lowest BCUT2D eigenvalue weighted by molar-refractivity contribution is 0.639. The van der Waals surface area contributed by atoms with Crippen LogP contribution in [-0.2, 0) is 13.5 Å². The van der Waals surface area contributed by atoms with Crippen molar-refractivity contribution in [2.75, 3.05) is 11.9 Å². The molecule has 2 aliphatic rings. The molecule has 0 bridgehead atoms. The third-order valence-corrected chi connectivity index (χ3v) is 4.57. The summed E-state index contributed by atoms with van der Waals surface area (Å²) < 4.78 is 2.32. The van der Waals surface area contributed by atoms with E-state index in [0.29, 0.717) is 5.92 Å². The minimum Gasteiger partial charge on any atom is -0.384 e. The van der Waals surface area contributed by atoms with E-state index >= 15 is 0 Å². The highest BCUT2D eigenvalue weighted by Crippen LogP contribution is 2.36. The van der Waals surface area contributed by atoms with Gasteiger partial charge in [0.2, 0.25) is 0 Å². The minimum atomic E-state index is 0.685. The maximum atomic E-state index is 4.89. The van der Waals surface area contributed by atoms with Gasteiger partial charge >= 0.3 is 0 Å². The molecule has 2 heterocycles. The van der Waals surface area contributed by atoms with Crippen molar-refractivity contribution in [2.24, 2.45) is 7.05 Å². The summed E-state index contributed by atoms with van der Waals surface area (Å²) in [5.74, 6) is 1.98. The maximum Gasteiger partial charge on any atom is 0.112 e. The topological polar surface area (TPSA) is 29.9 Å². The number of hydrogen-bond acceptors (Lipinski definition) is 2. The number of nitrogens with zero attached hydrogens (tertiary/aromatic N) is 2. The van der Waals surface area contributed by atoms with Crippen molar-refractivity contribution >= 4 is 16.7 Å². The first-order chi connectivity index (χ1) is 8.83. The van der Waals surface area contributed by atoms with Gasteiger partial charge in [-0.15, -0.1) is 0 Å². The second kappa shape index (κ2) is 3.74. The third-order valence-electron chi connectivity index (χ3n) is 4.57. The van der Waals surface area contributed by atoms with Crippen LogP contribution in [0.1, 0.15) is 43.0 Å². The van der Waals surface area contributed by atoms with E-state index in [0.717, 1.165) is 18.5 Å². The van der Waals surface area contributed by atoms with Crippen molar-refractivity contribution in [3.63, 3.8) is 0 Å². The number of hydrogen-bond donors (Lipinski definition) is 1. The Bertz CT molecular complexity index is 606. The van der Waals surface area contributed by atoms with Crippen LogP contribution in [0.4, 0.5) is 5.69 Å². The van der Waals surface area contributed by atoms with Crippen molar-refractivity contribution in [3.05, 3.63) is 23.5 Å². The molecule has 3 heteroatoms. The first-order valence-corrected chi connectivity index (χ1v) is 7.06. The lowest BCUT2D eigenvalue weighted by Gasteiger charge is -2.08. The third kappa shape index (κ3) is 1.39. The highest BCUT2D eigenvalue weighted by atomic mass is 15.1. The Morgan fingerprint density at radius 3 is 2.94 bits per heavy atom. The number of rotatable bonds is 1. The van der Waals surface area contributed by atoms with Gasteiger partial charge in [0.15, 0.2) is 0 Å². The van der Waals surface area contributed by atoms with E-state index in [4.69, 9.17) is 4.98 Å². The number of nitrogens with one attached hydrogen (secondary N) is 1. The zero-order valence-corrected chi connectivity index (χ0v) is 10.9. The van der Waals surface area contributed by atoms with Crippen molar-refractivity contribution in [1.82, 2.24) is 9.55 Å². The van der Waals surface area contributed by atoms with E-state index in [1.165, 1.54) is 48.3 Å². The Labute approximate surface area is 107 Å². The molecule has 1 aromatic heterocycles. The van der Waals surface area contributed by atoms with Gasteiger partial charge in [-0.25, -0.2) is 4.98 Å². The fourth-order valence-corrected chi connectivity index (χ4v) is 3.55. The summed E-state index contributed by atoms with van der Waals surface area (Å²) in [7, 11) is 2.18. The van der Waals surface area contributed by atoms with E-state index in [1.807, 2.05) is 0 Å². The zero-order chi connectivity index (χ0) is 12.1. The van der Waals surface area contributed by atoms with Crippen LogP contribution in [0.15, 0.2) is 12.1 Å². The predicted molar refractivity (Wildman–Crippen MR) is 74.1 cm³/mol. The Kier molecular flexibility index (Phi) is 2.16. The molecule has 3 nitrogen and oxygen atoms in total. The van der Waals surface area contributed by atoms with Crippen LogP contribution in [0.3, 0.4) is 0 Å². The SMILES string of the molecule is Cn1c(C2CCCC2)nc2cc3c(cc21)CCN3. The molecule has 0 atom stereocenters. The van der Waals surface area contributed by atoms with Gasteiger partial charge in [-0.1, -0.05) is 12.8 Å². The number of aromatic nitrogens is 2. The van der Waals surface area contributed by atoms with E-state index in [2.05, 4.69) is 29.1 Å². The zero-order valence-electron chi connectivity index (χ0n) is 10.9. The molecule has 1 fully saturated rings. The van der Waals surface area contributed by atoms with Crippen LogP contribution in [0.5, 0.6) is 0 Å². The van der Waals surface area contributed by atoms with Gasteiger partial charge in [0, 0.05) is 25.2 Å². The molecule has 0 unspecified atom stereocenters. The van der Waals surface area contributed by atoms with Crippen LogP contribution in [0.25, 0.3) is 11.0 Å². The Morgan fingerprint density at radius 2 is 2.11 bits per heavy atom. The summed E-state index contributed by atoms with van der Waals surface area (Å²) in [6.07, 6.45) is 6.51. The molecule has 0 radical (unpaired) electrons. The molecule has 2 aromatic rings. The fraction of sp³-hybridized carbons (Fsp3) is 0.533. The molecule has 0 spiro atoms. The van der Waals surface area contributed by atoms with Gasteiger partial charge in [0.25, 0.3) is 0 Å². The molecule has 4 rings (SSSR count). The lowest BCUT2D eigenvalue weighted by Crippen LogP contribution is -2.02. The normalized spacial score (nSPS) is 19.4. The summed E-state index contributed by atoms with van der Waals surface area (Å²) in [5.41, 5.74) is 5.20. The Balaban J connectivity index is 1.88. The smallest absolute Gasteiger partial charge is 0.112 e. The summed E-state index contributed by atoms with van der Waals surface area (Å²) in [4.78, 5) is 4.89. The van der Waals surface area contributed by atoms with Gasteiger partial charge in [0.1, 0.15) is 5.82 Å². The molecule has 1 saturated carbocycles. The van der Waals surface area contributed by atoms with Gasteiger partial charge in [0.05, 0.1) is 11.0 Å². The van der Waals surface area contributed by atoms with E-state index in [-0.39, 0.29) is 0 Å². The van der Waals surface area contributed by atoms with Crippen molar-refractivity contribution < 1.29 is 0 Å². The molecular weight excluding hydrogens is 222 g/mol. The van der Waals surface area contributed by atoms with Crippen LogP contribution in [0.2, 0.25) is 0 Å². The molecule has 1 aliphatic carbocycles. The second-order valence-electron chi connectivity index (χ2n) is 5.69. The predicted octanol–water partition coefficient (Wildman–Crippen LogP) is 3.20. The van der Waals surface area contributed by atoms with Gasteiger partial charge in [-0.05, 0) is 37.0 Å².